The molecule has 148 valence electrons. The maximum Gasteiger partial charge on any atom is 0.419 e. The number of carbonyl (C=O) groups excluding carboxylic acids is 1. The highest BCUT2D eigenvalue weighted by Crippen LogP contribution is 2.34. The summed E-state index contributed by atoms with van der Waals surface area (Å²) in [5.41, 5.74) is -0.171. The SMILES string of the molecule is CC1=NN(C(=O)NS(=O)(=O)c2ncccc2C(F)(F)F)C(c2ccccc2)C1. The van der Waals surface area contributed by atoms with Crippen LogP contribution < -0.4 is 4.72 Å². The summed E-state index contributed by atoms with van der Waals surface area (Å²) < 4.78 is 65.8. The van der Waals surface area contributed by atoms with E-state index in [-0.39, 0.29) is 0 Å². The van der Waals surface area contributed by atoms with Crippen molar-refractivity contribution < 1.29 is 26.4 Å². The standard InChI is InChI=1S/C17H15F3N4O3S/c1-11-10-14(12-6-3-2-4-7-12)24(22-11)16(25)23-28(26,27)15-13(17(18,19)20)8-5-9-21-15/h2-9,14H,10H2,1H3,(H,23,25). The average molecular weight is 412 g/mol. The molecule has 7 nitrogen and oxygen atoms in total. The highest BCUT2D eigenvalue weighted by atomic mass is 32.2. The van der Waals surface area contributed by atoms with E-state index in [9.17, 15) is 26.4 Å². The van der Waals surface area contributed by atoms with E-state index < -0.39 is 38.9 Å². The van der Waals surface area contributed by atoms with Crippen LogP contribution in [0.3, 0.4) is 0 Å². The zero-order valence-electron chi connectivity index (χ0n) is 14.5. The Morgan fingerprint density at radius 2 is 1.86 bits per heavy atom. The van der Waals surface area contributed by atoms with Gasteiger partial charge in [0.2, 0.25) is 0 Å². The van der Waals surface area contributed by atoms with Crippen LogP contribution in [0.5, 0.6) is 0 Å². The van der Waals surface area contributed by atoms with E-state index in [4.69, 9.17) is 0 Å². The summed E-state index contributed by atoms with van der Waals surface area (Å²) in [5.74, 6) is 0. The van der Waals surface area contributed by atoms with Crippen LogP contribution in [0.1, 0.15) is 30.5 Å². The van der Waals surface area contributed by atoms with E-state index in [2.05, 4.69) is 10.1 Å². The van der Waals surface area contributed by atoms with E-state index in [0.29, 0.717) is 23.8 Å². The largest absolute Gasteiger partial charge is 0.419 e. The maximum absolute atomic E-state index is 13.1. The van der Waals surface area contributed by atoms with E-state index in [1.165, 1.54) is 0 Å². The molecule has 2 heterocycles. The molecule has 2 aromatic rings. The van der Waals surface area contributed by atoms with Gasteiger partial charge in [-0.15, -0.1) is 0 Å². The van der Waals surface area contributed by atoms with Crippen LogP contribution in [0.15, 0.2) is 58.8 Å². The Kier molecular flexibility index (Phi) is 5.11. The minimum atomic E-state index is -4.95. The van der Waals surface area contributed by atoms with Crippen molar-refractivity contribution in [3.05, 3.63) is 59.8 Å². The first kappa shape index (κ1) is 19.8. The van der Waals surface area contributed by atoms with E-state index in [0.717, 1.165) is 17.3 Å². The lowest BCUT2D eigenvalue weighted by molar-refractivity contribution is -0.140. The molecule has 1 N–H and O–H groups in total. The number of rotatable bonds is 3. The van der Waals surface area contributed by atoms with Gasteiger partial charge in [0.25, 0.3) is 10.0 Å². The Labute approximate surface area is 158 Å². The molecule has 1 aliphatic heterocycles. The van der Waals surface area contributed by atoms with Crippen molar-refractivity contribution in [2.45, 2.75) is 30.6 Å². The number of carbonyl (C=O) groups is 1. The van der Waals surface area contributed by atoms with Gasteiger partial charge < -0.3 is 0 Å². The number of alkyl halides is 3. The molecule has 0 spiro atoms. The summed E-state index contributed by atoms with van der Waals surface area (Å²) in [6, 6.07) is 8.58. The van der Waals surface area contributed by atoms with Crippen LogP contribution in [-0.4, -0.2) is 30.2 Å². The van der Waals surface area contributed by atoms with Crippen molar-refractivity contribution in [2.24, 2.45) is 5.10 Å². The highest BCUT2D eigenvalue weighted by Gasteiger charge is 2.40. The Hall–Kier alpha value is -2.95. The number of hydrogen-bond donors (Lipinski definition) is 1. The topological polar surface area (TPSA) is 91.7 Å². The van der Waals surface area contributed by atoms with Gasteiger partial charge in [-0.25, -0.2) is 19.5 Å². The molecule has 1 atom stereocenters. The summed E-state index contributed by atoms with van der Waals surface area (Å²) in [6.45, 7) is 1.66. The minimum Gasteiger partial charge on any atom is -0.245 e. The fourth-order valence-electron chi connectivity index (χ4n) is 2.81. The van der Waals surface area contributed by atoms with Crippen LogP contribution in [0, 0.1) is 0 Å². The fraction of sp³-hybridized carbons (Fsp3) is 0.235. The number of benzene rings is 1. The van der Waals surface area contributed by atoms with Crippen LogP contribution in [0.4, 0.5) is 18.0 Å². The first-order chi connectivity index (χ1) is 13.1. The van der Waals surface area contributed by atoms with Crippen molar-refractivity contribution in [3.63, 3.8) is 0 Å². The van der Waals surface area contributed by atoms with Gasteiger partial charge in [-0.1, -0.05) is 30.3 Å². The smallest absolute Gasteiger partial charge is 0.245 e. The van der Waals surface area contributed by atoms with Gasteiger partial charge >= 0.3 is 12.2 Å². The lowest BCUT2D eigenvalue weighted by Crippen LogP contribution is -2.41. The Bertz CT molecular complexity index is 1020. The number of halogens is 3. The molecular weight excluding hydrogens is 397 g/mol. The second-order valence-corrected chi connectivity index (χ2v) is 7.67. The zero-order valence-corrected chi connectivity index (χ0v) is 15.3. The molecule has 0 aliphatic carbocycles. The molecule has 0 saturated heterocycles. The molecule has 11 heteroatoms. The molecule has 1 aliphatic rings. The van der Waals surface area contributed by atoms with Crippen LogP contribution in [0.2, 0.25) is 0 Å². The number of urea groups is 1. The summed E-state index contributed by atoms with van der Waals surface area (Å²) in [7, 11) is -4.88. The van der Waals surface area contributed by atoms with Gasteiger partial charge in [-0.3, -0.25) is 0 Å². The van der Waals surface area contributed by atoms with E-state index in [1.54, 1.807) is 42.0 Å². The number of amides is 2. The van der Waals surface area contributed by atoms with Crippen LogP contribution in [-0.2, 0) is 16.2 Å². The van der Waals surface area contributed by atoms with Gasteiger partial charge in [0, 0.05) is 18.3 Å². The van der Waals surface area contributed by atoms with Gasteiger partial charge in [-0.2, -0.15) is 26.7 Å². The molecule has 28 heavy (non-hydrogen) atoms. The number of hydrazone groups is 1. The van der Waals surface area contributed by atoms with Gasteiger partial charge in [-0.05, 0) is 24.6 Å². The third-order valence-corrected chi connectivity index (χ3v) is 5.29. The second-order valence-electron chi connectivity index (χ2n) is 6.07. The Morgan fingerprint density at radius 3 is 2.50 bits per heavy atom. The number of aromatic nitrogens is 1. The number of nitrogens with one attached hydrogen (secondary N) is 1. The third kappa shape index (κ3) is 3.98. The molecule has 0 bridgehead atoms. The summed E-state index contributed by atoms with van der Waals surface area (Å²) in [6.07, 6.45) is -3.68. The third-order valence-electron chi connectivity index (χ3n) is 4.01. The first-order valence-electron chi connectivity index (χ1n) is 8.07. The number of hydrogen-bond acceptors (Lipinski definition) is 5. The molecule has 0 fully saturated rings. The van der Waals surface area contributed by atoms with E-state index >= 15 is 0 Å². The Balaban J connectivity index is 1.90. The lowest BCUT2D eigenvalue weighted by atomic mass is 10.0. The predicted octanol–water partition coefficient (Wildman–Crippen LogP) is 3.32. The van der Waals surface area contributed by atoms with Crippen molar-refractivity contribution in [3.8, 4) is 0 Å². The van der Waals surface area contributed by atoms with E-state index in [1.807, 2.05) is 0 Å². The van der Waals surface area contributed by atoms with Gasteiger partial charge in [0.1, 0.15) is 0 Å². The van der Waals surface area contributed by atoms with Crippen LogP contribution in [0.25, 0.3) is 0 Å². The second kappa shape index (κ2) is 7.23. The quantitative estimate of drug-likeness (QED) is 0.837. The maximum atomic E-state index is 13.1. The number of nitrogens with zero attached hydrogens (tertiary/aromatic N) is 3. The molecule has 1 aromatic heterocycles. The number of sulfonamides is 1. The van der Waals surface area contributed by atoms with Crippen molar-refractivity contribution in [2.75, 3.05) is 0 Å². The monoisotopic (exact) mass is 412 g/mol. The molecule has 3 rings (SSSR count). The minimum absolute atomic E-state index is 0.370. The first-order valence-corrected chi connectivity index (χ1v) is 9.55. The van der Waals surface area contributed by atoms with Gasteiger partial charge in [0.05, 0.1) is 11.6 Å². The summed E-state index contributed by atoms with van der Waals surface area (Å²) in [4.78, 5) is 15.9. The molecule has 1 unspecified atom stereocenters. The van der Waals surface area contributed by atoms with Gasteiger partial charge in [0.15, 0.2) is 5.03 Å². The normalized spacial score (nSPS) is 17.4. The predicted molar refractivity (Wildman–Crippen MR) is 93.7 cm³/mol. The molecule has 1 aromatic carbocycles. The highest BCUT2D eigenvalue weighted by molar-refractivity contribution is 7.90. The lowest BCUT2D eigenvalue weighted by Gasteiger charge is -2.22. The molecule has 0 saturated carbocycles. The number of pyridine rings is 1. The van der Waals surface area contributed by atoms with Crippen LogP contribution >= 0.6 is 0 Å². The zero-order chi connectivity index (χ0) is 20.5. The summed E-state index contributed by atoms with van der Waals surface area (Å²) >= 11 is 0. The fourth-order valence-corrected chi connectivity index (χ4v) is 3.91. The van der Waals surface area contributed by atoms with Crippen molar-refractivity contribution >= 4 is 21.8 Å². The molecule has 2 amide bonds. The molecular formula is C17H15F3N4O3S. The Morgan fingerprint density at radius 1 is 1.18 bits per heavy atom. The summed E-state index contributed by atoms with van der Waals surface area (Å²) in [5, 5.41) is 3.67. The van der Waals surface area contributed by atoms with Crippen molar-refractivity contribution in [1.29, 1.82) is 0 Å². The van der Waals surface area contributed by atoms with Crippen molar-refractivity contribution in [1.82, 2.24) is 14.7 Å². The average Bonchev–Trinajstić information content (AvgIpc) is 3.03. The molecule has 0 radical (unpaired) electrons.